The number of hydrogen-bond acceptors (Lipinski definition) is 6. The molecule has 4 rings (SSSR count). The second kappa shape index (κ2) is 11.5. The number of nitrogens with one attached hydrogen (secondary N) is 2. The van der Waals surface area contributed by atoms with E-state index in [4.69, 9.17) is 4.74 Å². The van der Waals surface area contributed by atoms with Gasteiger partial charge in [0.2, 0.25) is 5.91 Å². The number of sulfonamides is 1. The van der Waals surface area contributed by atoms with Crippen molar-refractivity contribution in [3.63, 3.8) is 0 Å². The molecule has 2 N–H and O–H groups in total. The molecule has 0 saturated heterocycles. The molecule has 1 aliphatic carbocycles. The lowest BCUT2D eigenvalue weighted by molar-refractivity contribution is -0.123. The van der Waals surface area contributed by atoms with E-state index in [0.717, 1.165) is 31.2 Å². The SMILES string of the molecule is N#CC(COCc1ccccc1)NC(=O)C(CC1CCCCC1)N=C1NS(=O)(=O)c2ccccc21. The second-order valence-electron chi connectivity index (χ2n) is 9.03. The number of fused-ring (bicyclic) bond motifs is 1. The third-order valence-electron chi connectivity index (χ3n) is 6.40. The van der Waals surface area contributed by atoms with Crippen molar-refractivity contribution in [1.82, 2.24) is 10.0 Å². The summed E-state index contributed by atoms with van der Waals surface area (Å²) in [6.45, 7) is 0.376. The molecule has 2 aromatic rings. The first-order valence-electron chi connectivity index (χ1n) is 12.0. The predicted molar refractivity (Wildman–Crippen MR) is 132 cm³/mol. The van der Waals surface area contributed by atoms with E-state index < -0.39 is 28.0 Å². The van der Waals surface area contributed by atoms with Gasteiger partial charge in [0.15, 0.2) is 0 Å². The number of amidine groups is 1. The second-order valence-corrected chi connectivity index (χ2v) is 10.7. The first kappa shape index (κ1) is 24.9. The highest BCUT2D eigenvalue weighted by molar-refractivity contribution is 7.90. The van der Waals surface area contributed by atoms with E-state index in [2.05, 4.69) is 21.1 Å². The molecule has 35 heavy (non-hydrogen) atoms. The number of rotatable bonds is 9. The van der Waals surface area contributed by atoms with Crippen LogP contribution in [0.2, 0.25) is 0 Å². The van der Waals surface area contributed by atoms with E-state index in [1.165, 1.54) is 12.5 Å². The van der Waals surface area contributed by atoms with Gasteiger partial charge in [0.1, 0.15) is 17.9 Å². The summed E-state index contributed by atoms with van der Waals surface area (Å²) < 4.78 is 33.2. The number of carbonyl (C=O) groups excluding carboxylic acids is 1. The van der Waals surface area contributed by atoms with Crippen molar-refractivity contribution in [3.05, 3.63) is 65.7 Å². The fourth-order valence-electron chi connectivity index (χ4n) is 4.59. The zero-order valence-corrected chi connectivity index (χ0v) is 20.3. The zero-order valence-electron chi connectivity index (χ0n) is 19.5. The van der Waals surface area contributed by atoms with Crippen LogP contribution in [0.25, 0.3) is 0 Å². The van der Waals surface area contributed by atoms with Crippen LogP contribution in [0.5, 0.6) is 0 Å². The van der Waals surface area contributed by atoms with Crippen LogP contribution in [-0.2, 0) is 26.2 Å². The standard InChI is InChI=1S/C26H30N4O4S/c27-16-21(18-34-17-20-11-5-2-6-12-20)28-26(31)23(15-19-9-3-1-4-10-19)29-25-22-13-7-8-14-24(22)35(32,33)30-25/h2,5-8,11-14,19,21,23H,1,3-4,9-10,15,17-18H2,(H,28,31)(H,29,30). The molecular formula is C26H30N4O4S. The normalized spacial score (nSPS) is 19.8. The maximum absolute atomic E-state index is 13.3. The van der Waals surface area contributed by atoms with Crippen LogP contribution >= 0.6 is 0 Å². The Labute approximate surface area is 206 Å². The molecule has 1 saturated carbocycles. The molecule has 1 amide bonds. The lowest BCUT2D eigenvalue weighted by Gasteiger charge is -2.25. The average molecular weight is 495 g/mol. The summed E-state index contributed by atoms with van der Waals surface area (Å²) >= 11 is 0. The fourth-order valence-corrected chi connectivity index (χ4v) is 5.83. The van der Waals surface area contributed by atoms with Gasteiger partial charge in [-0.05, 0) is 30.0 Å². The maximum Gasteiger partial charge on any atom is 0.263 e. The van der Waals surface area contributed by atoms with Gasteiger partial charge in [-0.1, -0.05) is 74.6 Å². The van der Waals surface area contributed by atoms with Crippen LogP contribution in [-0.4, -0.2) is 38.9 Å². The van der Waals surface area contributed by atoms with Crippen LogP contribution in [0.1, 0.15) is 49.7 Å². The Morgan fingerprint density at radius 1 is 1.11 bits per heavy atom. The van der Waals surface area contributed by atoms with Crippen molar-refractivity contribution >= 4 is 21.8 Å². The number of aliphatic imine (C=N–C) groups is 1. The highest BCUT2D eigenvalue weighted by Crippen LogP contribution is 2.29. The number of amides is 1. The number of hydrogen-bond donors (Lipinski definition) is 2. The topological polar surface area (TPSA) is 121 Å². The summed E-state index contributed by atoms with van der Waals surface area (Å²) in [7, 11) is -3.71. The Morgan fingerprint density at radius 2 is 1.83 bits per heavy atom. The smallest absolute Gasteiger partial charge is 0.263 e. The van der Waals surface area contributed by atoms with E-state index in [1.807, 2.05) is 30.3 Å². The van der Waals surface area contributed by atoms with Crippen LogP contribution < -0.4 is 10.0 Å². The highest BCUT2D eigenvalue weighted by Gasteiger charge is 2.33. The van der Waals surface area contributed by atoms with E-state index in [0.29, 0.717) is 24.5 Å². The lowest BCUT2D eigenvalue weighted by Crippen LogP contribution is -2.43. The Hall–Kier alpha value is -3.22. The molecule has 1 heterocycles. The van der Waals surface area contributed by atoms with Gasteiger partial charge >= 0.3 is 0 Å². The zero-order chi connectivity index (χ0) is 24.7. The summed E-state index contributed by atoms with van der Waals surface area (Å²) in [5, 5.41) is 12.3. The van der Waals surface area contributed by atoms with Gasteiger partial charge in [0, 0.05) is 5.56 Å². The first-order chi connectivity index (χ1) is 17.0. The van der Waals surface area contributed by atoms with Crippen molar-refractivity contribution < 1.29 is 17.9 Å². The lowest BCUT2D eigenvalue weighted by atomic mass is 9.84. The molecule has 0 aromatic heterocycles. The fraction of sp³-hybridized carbons (Fsp3) is 0.423. The summed E-state index contributed by atoms with van der Waals surface area (Å²) in [5.41, 5.74) is 1.43. The molecule has 184 valence electrons. The van der Waals surface area contributed by atoms with Crippen molar-refractivity contribution in [2.24, 2.45) is 10.9 Å². The minimum atomic E-state index is -3.71. The van der Waals surface area contributed by atoms with Gasteiger partial charge < -0.3 is 10.1 Å². The molecule has 0 radical (unpaired) electrons. The highest BCUT2D eigenvalue weighted by atomic mass is 32.2. The third kappa shape index (κ3) is 6.47. The van der Waals surface area contributed by atoms with Crippen molar-refractivity contribution in [1.29, 1.82) is 5.26 Å². The molecule has 2 aromatic carbocycles. The van der Waals surface area contributed by atoms with Crippen molar-refractivity contribution in [3.8, 4) is 6.07 Å². The monoisotopic (exact) mass is 494 g/mol. The van der Waals surface area contributed by atoms with Crippen molar-refractivity contribution in [2.75, 3.05) is 6.61 Å². The number of nitriles is 1. The molecule has 2 atom stereocenters. The van der Waals surface area contributed by atoms with E-state index in [-0.39, 0.29) is 17.3 Å². The quantitative estimate of drug-likeness (QED) is 0.554. The van der Waals surface area contributed by atoms with Gasteiger partial charge in [0.25, 0.3) is 10.0 Å². The van der Waals surface area contributed by atoms with Crippen LogP contribution in [0, 0.1) is 17.2 Å². The minimum Gasteiger partial charge on any atom is -0.374 e. The molecule has 1 aliphatic heterocycles. The number of carbonyl (C=O) groups is 1. The largest absolute Gasteiger partial charge is 0.374 e. The Morgan fingerprint density at radius 3 is 2.57 bits per heavy atom. The summed E-state index contributed by atoms with van der Waals surface area (Å²) in [6.07, 6.45) is 5.93. The van der Waals surface area contributed by atoms with Crippen molar-refractivity contribution in [2.45, 2.75) is 62.1 Å². The molecule has 0 spiro atoms. The molecular weight excluding hydrogens is 464 g/mol. The van der Waals surface area contributed by atoms with Crippen LogP contribution in [0.15, 0.2) is 64.5 Å². The van der Waals surface area contributed by atoms with E-state index in [9.17, 15) is 18.5 Å². The molecule has 2 aliphatic rings. The van der Waals surface area contributed by atoms with E-state index in [1.54, 1.807) is 18.2 Å². The molecule has 1 fully saturated rings. The van der Waals surface area contributed by atoms with Crippen LogP contribution in [0.3, 0.4) is 0 Å². The van der Waals surface area contributed by atoms with Gasteiger partial charge in [-0.3, -0.25) is 14.5 Å². The van der Waals surface area contributed by atoms with Gasteiger partial charge in [0.05, 0.1) is 24.2 Å². The predicted octanol–water partition coefficient (Wildman–Crippen LogP) is 3.29. The maximum atomic E-state index is 13.3. The molecule has 8 nitrogen and oxygen atoms in total. The summed E-state index contributed by atoms with van der Waals surface area (Å²) in [5.74, 6) is 0.0962. The van der Waals surface area contributed by atoms with E-state index >= 15 is 0 Å². The summed E-state index contributed by atoms with van der Waals surface area (Å²) in [4.78, 5) is 18.0. The molecule has 0 bridgehead atoms. The third-order valence-corrected chi connectivity index (χ3v) is 7.80. The van der Waals surface area contributed by atoms with Gasteiger partial charge in [-0.25, -0.2) is 8.42 Å². The molecule has 2 unspecified atom stereocenters. The van der Waals surface area contributed by atoms with Gasteiger partial charge in [-0.2, -0.15) is 5.26 Å². The molecule has 9 heteroatoms. The Kier molecular flexibility index (Phi) is 8.16. The number of ether oxygens (including phenoxy) is 1. The Bertz CT molecular complexity index is 1200. The number of nitrogens with zero attached hydrogens (tertiary/aromatic N) is 2. The summed E-state index contributed by atoms with van der Waals surface area (Å²) in [6, 6.07) is 16.6. The number of benzene rings is 2. The van der Waals surface area contributed by atoms with Gasteiger partial charge in [-0.15, -0.1) is 0 Å². The first-order valence-corrected chi connectivity index (χ1v) is 13.5. The Balaban J connectivity index is 1.48. The van der Waals surface area contributed by atoms with Crippen LogP contribution in [0.4, 0.5) is 0 Å². The minimum absolute atomic E-state index is 0.0410. The average Bonchev–Trinajstić information content (AvgIpc) is 3.14.